The molecule has 5 aromatic rings. The number of aryl methyl sites for hydroxylation is 1. The lowest BCUT2D eigenvalue weighted by Crippen LogP contribution is -2.36. The monoisotopic (exact) mass is 580 g/mol. The number of nitrogens with zero attached hydrogens (tertiary/aromatic N) is 4. The van der Waals surface area contributed by atoms with E-state index in [4.69, 9.17) is 9.47 Å². The van der Waals surface area contributed by atoms with E-state index in [2.05, 4.69) is 149 Å². The highest BCUT2D eigenvalue weighted by Crippen LogP contribution is 2.28. The minimum Gasteiger partial charge on any atom is -0.493 e. The van der Waals surface area contributed by atoms with E-state index in [-0.39, 0.29) is 11.3 Å². The van der Waals surface area contributed by atoms with Gasteiger partial charge in [-0.05, 0) is 138 Å². The van der Waals surface area contributed by atoms with E-state index < -0.39 is 0 Å². The van der Waals surface area contributed by atoms with Crippen molar-refractivity contribution in [2.45, 2.75) is 83.5 Å². The van der Waals surface area contributed by atoms with Crippen LogP contribution in [0.3, 0.4) is 0 Å². The van der Waals surface area contributed by atoms with Crippen molar-refractivity contribution in [3.8, 4) is 11.5 Å². The Kier molecular flexibility index (Phi) is 10.2. The fourth-order valence-corrected chi connectivity index (χ4v) is 6.14. The van der Waals surface area contributed by atoms with Crippen LogP contribution in [0.4, 0.5) is 0 Å². The quantitative estimate of drug-likeness (QED) is 0.0971. The molecule has 1 aromatic carbocycles. The third-order valence-corrected chi connectivity index (χ3v) is 8.79. The van der Waals surface area contributed by atoms with Crippen molar-refractivity contribution in [2.24, 2.45) is 0 Å². The molecule has 0 saturated carbocycles. The first kappa shape index (κ1) is 30.4. The molecule has 0 radical (unpaired) electrons. The molecule has 228 valence electrons. The lowest BCUT2D eigenvalue weighted by atomic mass is 10.0. The fourth-order valence-electron chi connectivity index (χ4n) is 6.14. The van der Waals surface area contributed by atoms with E-state index in [0.29, 0.717) is 13.2 Å². The summed E-state index contributed by atoms with van der Waals surface area (Å²) in [6.07, 6.45) is 26.0. The average Bonchev–Trinajstić information content (AvgIpc) is 3.84. The zero-order valence-corrected chi connectivity index (χ0v) is 26.1. The van der Waals surface area contributed by atoms with Crippen molar-refractivity contribution in [1.82, 2.24) is 18.3 Å². The Hall–Kier alpha value is -4.06. The van der Waals surface area contributed by atoms with E-state index in [1.807, 2.05) is 6.07 Å². The molecule has 0 spiro atoms. The molecule has 4 aromatic heterocycles. The van der Waals surface area contributed by atoms with Crippen LogP contribution in [0.25, 0.3) is 0 Å². The smallest absolute Gasteiger partial charge is 0.123 e. The summed E-state index contributed by atoms with van der Waals surface area (Å²) in [4.78, 5) is 0. The number of ether oxygens (including phenoxy) is 2. The SMILES string of the molecule is Cc1cc(OCCCCCC(C)(n2cccc2)n2cccc2)cc(OCCCCCC(C)(n2cccc2)n2cccc2)c1. The van der Waals surface area contributed by atoms with Crippen LogP contribution in [0.5, 0.6) is 11.5 Å². The van der Waals surface area contributed by atoms with Crippen LogP contribution < -0.4 is 9.47 Å². The van der Waals surface area contributed by atoms with Crippen molar-refractivity contribution < 1.29 is 9.47 Å². The highest BCUT2D eigenvalue weighted by atomic mass is 16.5. The number of aromatic nitrogens is 4. The summed E-state index contributed by atoms with van der Waals surface area (Å²) in [6, 6.07) is 23.0. The molecule has 0 amide bonds. The Labute approximate surface area is 257 Å². The molecule has 6 nitrogen and oxygen atoms in total. The molecule has 0 atom stereocenters. The topological polar surface area (TPSA) is 38.2 Å². The van der Waals surface area contributed by atoms with Gasteiger partial charge < -0.3 is 27.7 Å². The normalized spacial score (nSPS) is 12.1. The molecule has 43 heavy (non-hydrogen) atoms. The maximum absolute atomic E-state index is 6.16. The molecule has 0 aliphatic carbocycles. The van der Waals surface area contributed by atoms with Crippen molar-refractivity contribution in [3.63, 3.8) is 0 Å². The van der Waals surface area contributed by atoms with E-state index in [0.717, 1.165) is 68.4 Å². The average molecular weight is 581 g/mol. The molecule has 4 heterocycles. The van der Waals surface area contributed by atoms with Crippen LogP contribution in [0.15, 0.2) is 116 Å². The zero-order valence-electron chi connectivity index (χ0n) is 26.1. The molecule has 0 aliphatic rings. The summed E-state index contributed by atoms with van der Waals surface area (Å²) in [5.74, 6) is 1.79. The standard InChI is InChI=1S/C37H48N4O2/c1-33-30-34(42-28-16-4-6-18-36(2,38-20-8-9-21-38)39-22-10-11-23-39)32-35(31-33)43-29-17-5-7-19-37(3,40-24-12-13-25-40)41-26-14-15-27-41/h8-15,20-27,30-32H,4-7,16-19,28-29H2,1-3H3. The third kappa shape index (κ3) is 7.67. The largest absolute Gasteiger partial charge is 0.493 e. The Morgan fingerprint density at radius 2 is 0.791 bits per heavy atom. The van der Waals surface area contributed by atoms with Gasteiger partial charge >= 0.3 is 0 Å². The first-order valence-electron chi connectivity index (χ1n) is 15.9. The van der Waals surface area contributed by atoms with Crippen molar-refractivity contribution in [2.75, 3.05) is 13.2 Å². The second-order valence-electron chi connectivity index (χ2n) is 12.1. The predicted octanol–water partition coefficient (Wildman–Crippen LogP) is 8.92. The first-order valence-corrected chi connectivity index (χ1v) is 15.9. The van der Waals surface area contributed by atoms with E-state index >= 15 is 0 Å². The molecule has 0 N–H and O–H groups in total. The van der Waals surface area contributed by atoms with Gasteiger partial charge in [-0.1, -0.05) is 0 Å². The highest BCUT2D eigenvalue weighted by molar-refractivity contribution is 5.37. The number of hydrogen-bond donors (Lipinski definition) is 0. The Bertz CT molecular complexity index is 1270. The van der Waals surface area contributed by atoms with E-state index in [9.17, 15) is 0 Å². The van der Waals surface area contributed by atoms with Gasteiger partial charge in [0.05, 0.1) is 13.2 Å². The van der Waals surface area contributed by atoms with Crippen LogP contribution in [-0.2, 0) is 11.3 Å². The predicted molar refractivity (Wildman–Crippen MR) is 175 cm³/mol. The van der Waals surface area contributed by atoms with Gasteiger partial charge in [0.1, 0.15) is 22.8 Å². The summed E-state index contributed by atoms with van der Waals surface area (Å²) >= 11 is 0. The van der Waals surface area contributed by atoms with Crippen LogP contribution >= 0.6 is 0 Å². The molecule has 0 unspecified atom stereocenters. The third-order valence-electron chi connectivity index (χ3n) is 8.79. The summed E-state index contributed by atoms with van der Waals surface area (Å²) in [5.41, 5.74) is 0.971. The van der Waals surface area contributed by atoms with Gasteiger partial charge in [-0.2, -0.15) is 0 Å². The van der Waals surface area contributed by atoms with Gasteiger partial charge in [0.2, 0.25) is 0 Å². The molecule has 0 saturated heterocycles. The Balaban J connectivity index is 1.01. The maximum Gasteiger partial charge on any atom is 0.123 e. The second kappa shape index (κ2) is 14.4. The van der Waals surface area contributed by atoms with Gasteiger partial charge in [0.15, 0.2) is 0 Å². The van der Waals surface area contributed by atoms with Crippen molar-refractivity contribution >= 4 is 0 Å². The maximum atomic E-state index is 6.16. The second-order valence-corrected chi connectivity index (χ2v) is 12.1. The summed E-state index contributed by atoms with van der Waals surface area (Å²) in [5, 5.41) is 0. The fraction of sp³-hybridized carbons (Fsp3) is 0.405. The number of benzene rings is 1. The number of rotatable bonds is 18. The Morgan fingerprint density at radius 3 is 1.12 bits per heavy atom. The lowest BCUT2D eigenvalue weighted by Gasteiger charge is -2.34. The van der Waals surface area contributed by atoms with Crippen LogP contribution in [0.2, 0.25) is 0 Å². The highest BCUT2D eigenvalue weighted by Gasteiger charge is 2.27. The van der Waals surface area contributed by atoms with Gasteiger partial charge in [0, 0.05) is 55.6 Å². The summed E-state index contributed by atoms with van der Waals surface area (Å²) < 4.78 is 21.6. The molecular weight excluding hydrogens is 532 g/mol. The molecule has 0 bridgehead atoms. The van der Waals surface area contributed by atoms with Crippen LogP contribution in [0.1, 0.15) is 70.8 Å². The first-order chi connectivity index (χ1) is 21.0. The van der Waals surface area contributed by atoms with Crippen LogP contribution in [0, 0.1) is 6.92 Å². The van der Waals surface area contributed by atoms with Gasteiger partial charge in [-0.25, -0.2) is 0 Å². The minimum absolute atomic E-state index is 0.0958. The summed E-state index contributed by atoms with van der Waals surface area (Å²) in [6.45, 7) is 8.15. The number of unbranched alkanes of at least 4 members (excludes halogenated alkanes) is 4. The van der Waals surface area contributed by atoms with E-state index in [1.54, 1.807) is 0 Å². The molecule has 0 aliphatic heterocycles. The molecule has 0 fully saturated rings. The van der Waals surface area contributed by atoms with Gasteiger partial charge in [-0.15, -0.1) is 0 Å². The van der Waals surface area contributed by atoms with Crippen molar-refractivity contribution in [3.05, 3.63) is 122 Å². The minimum atomic E-state index is -0.0958. The lowest BCUT2D eigenvalue weighted by molar-refractivity contribution is 0.224. The Morgan fingerprint density at radius 1 is 0.465 bits per heavy atom. The summed E-state index contributed by atoms with van der Waals surface area (Å²) in [7, 11) is 0. The van der Waals surface area contributed by atoms with Gasteiger partial charge in [-0.3, -0.25) is 0 Å². The van der Waals surface area contributed by atoms with Crippen LogP contribution in [-0.4, -0.2) is 31.5 Å². The zero-order chi connectivity index (χ0) is 30.0. The molecular formula is C37H48N4O2. The number of hydrogen-bond acceptors (Lipinski definition) is 2. The van der Waals surface area contributed by atoms with E-state index in [1.165, 1.54) is 0 Å². The molecule has 5 rings (SSSR count). The van der Waals surface area contributed by atoms with Crippen molar-refractivity contribution in [1.29, 1.82) is 0 Å². The molecule has 6 heteroatoms. The van der Waals surface area contributed by atoms with Gasteiger partial charge in [0.25, 0.3) is 0 Å².